The van der Waals surface area contributed by atoms with Crippen LogP contribution in [0.4, 0.5) is 10.1 Å². The van der Waals surface area contributed by atoms with Gasteiger partial charge in [-0.15, -0.1) is 0 Å². The molecule has 1 heterocycles. The average molecular weight is 329 g/mol. The van der Waals surface area contributed by atoms with Crippen molar-refractivity contribution < 1.29 is 24.5 Å². The third-order valence-corrected chi connectivity index (χ3v) is 4.00. The van der Waals surface area contributed by atoms with E-state index in [1.807, 2.05) is 30.3 Å². The molecular weight excluding hydrogens is 311 g/mol. The molecule has 1 unspecified atom stereocenters. The van der Waals surface area contributed by atoms with Crippen LogP contribution in [0.1, 0.15) is 22.3 Å². The van der Waals surface area contributed by atoms with Gasteiger partial charge < -0.3 is 15.4 Å². The van der Waals surface area contributed by atoms with E-state index in [0.717, 1.165) is 11.6 Å². The van der Waals surface area contributed by atoms with E-state index in [0.29, 0.717) is 13.0 Å². The number of anilines is 1. The van der Waals surface area contributed by atoms with E-state index in [9.17, 15) is 14.0 Å². The number of hydrogen-bond acceptors (Lipinski definition) is 3. The van der Waals surface area contributed by atoms with Crippen molar-refractivity contribution >= 4 is 17.6 Å². The predicted octanol–water partition coefficient (Wildman–Crippen LogP) is 1.53. The molecule has 0 aliphatic carbocycles. The molecule has 1 atom stereocenters. The van der Waals surface area contributed by atoms with E-state index in [1.165, 1.54) is 17.0 Å². The monoisotopic (exact) mass is 329 g/mol. The van der Waals surface area contributed by atoms with E-state index in [-0.39, 0.29) is 29.8 Å². The van der Waals surface area contributed by atoms with E-state index in [2.05, 4.69) is 5.73 Å². The summed E-state index contributed by atoms with van der Waals surface area (Å²) < 4.78 is 19.5. The molecule has 1 amide bonds. The maximum Gasteiger partial charge on any atom is 0.338 e. The van der Waals surface area contributed by atoms with Crippen LogP contribution < -0.4 is 10.6 Å². The maximum absolute atomic E-state index is 14.3. The summed E-state index contributed by atoms with van der Waals surface area (Å²) in [6.45, 7) is 0.554. The molecule has 1 fully saturated rings. The first kappa shape index (κ1) is 16.1. The van der Waals surface area contributed by atoms with Gasteiger partial charge in [0.25, 0.3) is 5.91 Å². The van der Waals surface area contributed by atoms with Gasteiger partial charge in [0.05, 0.1) is 11.3 Å². The Balaban J connectivity index is 1.70. The van der Waals surface area contributed by atoms with Gasteiger partial charge in [0.2, 0.25) is 0 Å². The lowest BCUT2D eigenvalue weighted by atomic mass is 10.2. The number of hydrogen-bond donors (Lipinski definition) is 1. The largest absolute Gasteiger partial charge is 0.457 e. The molecule has 24 heavy (non-hydrogen) atoms. The van der Waals surface area contributed by atoms with Gasteiger partial charge in [-0.3, -0.25) is 4.79 Å². The van der Waals surface area contributed by atoms with Gasteiger partial charge in [-0.1, -0.05) is 30.3 Å². The Morgan fingerprint density at radius 3 is 2.62 bits per heavy atom. The zero-order valence-electron chi connectivity index (χ0n) is 13.1. The summed E-state index contributed by atoms with van der Waals surface area (Å²) in [5.74, 6) is -1.42. The smallest absolute Gasteiger partial charge is 0.338 e. The lowest BCUT2D eigenvalue weighted by Crippen LogP contribution is -2.64. The number of benzene rings is 2. The number of nitrogens with zero attached hydrogens (tertiary/aromatic N) is 1. The molecule has 1 aliphatic heterocycles. The highest BCUT2D eigenvalue weighted by Gasteiger charge is 2.34. The van der Waals surface area contributed by atoms with Crippen molar-refractivity contribution in [2.45, 2.75) is 19.1 Å². The summed E-state index contributed by atoms with van der Waals surface area (Å²) in [7, 11) is 0. The highest BCUT2D eigenvalue weighted by molar-refractivity contribution is 5.99. The summed E-state index contributed by atoms with van der Waals surface area (Å²) >= 11 is 0. The van der Waals surface area contributed by atoms with Crippen molar-refractivity contribution in [3.8, 4) is 0 Å². The van der Waals surface area contributed by atoms with Crippen molar-refractivity contribution in [2.75, 3.05) is 11.4 Å². The second-order valence-electron chi connectivity index (χ2n) is 5.70. The van der Waals surface area contributed by atoms with Gasteiger partial charge >= 0.3 is 5.97 Å². The van der Waals surface area contributed by atoms with Crippen molar-refractivity contribution in [1.82, 2.24) is 0 Å². The molecule has 2 aromatic rings. The van der Waals surface area contributed by atoms with Crippen LogP contribution in [-0.2, 0) is 16.1 Å². The molecular formula is C18H18FN2O3+. The van der Waals surface area contributed by atoms with Crippen LogP contribution in [0.2, 0.25) is 0 Å². The second kappa shape index (κ2) is 6.80. The molecule has 3 N–H and O–H groups in total. The van der Waals surface area contributed by atoms with Gasteiger partial charge in [0.15, 0.2) is 6.04 Å². The third kappa shape index (κ3) is 3.28. The van der Waals surface area contributed by atoms with Crippen LogP contribution in [0.15, 0.2) is 48.5 Å². The first-order valence-electron chi connectivity index (χ1n) is 7.71. The summed E-state index contributed by atoms with van der Waals surface area (Å²) in [5.41, 5.74) is 4.88. The number of esters is 1. The Morgan fingerprint density at radius 2 is 2.00 bits per heavy atom. The molecule has 0 radical (unpaired) electrons. The molecule has 0 bridgehead atoms. The minimum Gasteiger partial charge on any atom is -0.457 e. The van der Waals surface area contributed by atoms with Gasteiger partial charge in [-0.2, -0.15) is 0 Å². The van der Waals surface area contributed by atoms with Crippen molar-refractivity contribution in [3.63, 3.8) is 0 Å². The maximum atomic E-state index is 14.3. The fourth-order valence-electron chi connectivity index (χ4n) is 2.64. The Kier molecular flexibility index (Phi) is 4.57. The lowest BCUT2D eigenvalue weighted by molar-refractivity contribution is -0.400. The van der Waals surface area contributed by atoms with Gasteiger partial charge in [-0.25, -0.2) is 9.18 Å². The molecule has 124 valence electrons. The summed E-state index contributed by atoms with van der Waals surface area (Å²) in [4.78, 5) is 25.3. The Morgan fingerprint density at radius 1 is 1.25 bits per heavy atom. The van der Waals surface area contributed by atoms with E-state index in [1.54, 1.807) is 0 Å². The topological polar surface area (TPSA) is 74.2 Å². The Labute approximate surface area is 138 Å². The van der Waals surface area contributed by atoms with Crippen LogP contribution in [0.25, 0.3) is 0 Å². The molecule has 2 aromatic carbocycles. The minimum absolute atomic E-state index is 0.116. The fourth-order valence-corrected chi connectivity index (χ4v) is 2.64. The third-order valence-electron chi connectivity index (χ3n) is 4.00. The summed E-state index contributed by atoms with van der Waals surface area (Å²) in [6, 6.07) is 12.9. The highest BCUT2D eigenvalue weighted by Crippen LogP contribution is 2.25. The van der Waals surface area contributed by atoms with E-state index in [4.69, 9.17) is 4.74 Å². The van der Waals surface area contributed by atoms with E-state index >= 15 is 0 Å². The van der Waals surface area contributed by atoms with Crippen LogP contribution in [0.3, 0.4) is 0 Å². The molecule has 6 heteroatoms. The number of amides is 1. The van der Waals surface area contributed by atoms with Crippen molar-refractivity contribution in [1.29, 1.82) is 0 Å². The zero-order chi connectivity index (χ0) is 17.1. The second-order valence-corrected chi connectivity index (χ2v) is 5.70. The number of quaternary nitrogens is 1. The minimum atomic E-state index is -0.619. The van der Waals surface area contributed by atoms with Crippen LogP contribution in [-0.4, -0.2) is 24.5 Å². The van der Waals surface area contributed by atoms with Crippen LogP contribution >= 0.6 is 0 Å². The quantitative estimate of drug-likeness (QED) is 0.865. The number of rotatable bonds is 4. The molecule has 0 spiro atoms. The summed E-state index contributed by atoms with van der Waals surface area (Å²) in [6.07, 6.45) is 0.596. The number of ether oxygens (including phenoxy) is 1. The number of carbonyl (C=O) groups excluding carboxylic acids is 2. The Bertz CT molecular complexity index is 764. The first-order valence-corrected chi connectivity index (χ1v) is 7.71. The Hall–Kier alpha value is -2.73. The molecule has 5 nitrogen and oxygen atoms in total. The van der Waals surface area contributed by atoms with Crippen molar-refractivity contribution in [3.05, 3.63) is 65.5 Å². The van der Waals surface area contributed by atoms with Gasteiger partial charge in [0.1, 0.15) is 12.4 Å². The number of carbonyl (C=O) groups is 2. The fraction of sp³-hybridized carbons (Fsp3) is 0.222. The van der Waals surface area contributed by atoms with Gasteiger partial charge in [0, 0.05) is 13.0 Å². The standard InChI is InChI=1S/C18H17FN2O3/c19-14-10-13(18(23)24-11-12-4-2-1-3-5-12)6-7-16(14)21-9-8-15(20)17(21)22/h1-7,10,15H,8-9,11,20H2/p+1. The molecule has 1 aliphatic rings. The molecule has 0 saturated carbocycles. The first-order chi connectivity index (χ1) is 11.6. The highest BCUT2D eigenvalue weighted by atomic mass is 19.1. The van der Waals surface area contributed by atoms with E-state index < -0.39 is 11.8 Å². The number of halogens is 1. The van der Waals surface area contributed by atoms with Crippen LogP contribution in [0.5, 0.6) is 0 Å². The van der Waals surface area contributed by atoms with Gasteiger partial charge in [-0.05, 0) is 23.8 Å². The van der Waals surface area contributed by atoms with Crippen molar-refractivity contribution in [2.24, 2.45) is 0 Å². The van der Waals surface area contributed by atoms with Crippen LogP contribution in [0, 0.1) is 5.82 Å². The lowest BCUT2D eigenvalue weighted by Gasteiger charge is -2.16. The zero-order valence-corrected chi connectivity index (χ0v) is 13.1. The molecule has 3 rings (SSSR count). The molecule has 0 aromatic heterocycles. The SMILES string of the molecule is [NH3+]C1CCN(c2ccc(C(=O)OCc3ccccc3)cc2F)C1=O. The average Bonchev–Trinajstić information content (AvgIpc) is 2.93. The summed E-state index contributed by atoms with van der Waals surface area (Å²) in [5, 5.41) is 0. The normalized spacial score (nSPS) is 17.2. The predicted molar refractivity (Wildman–Crippen MR) is 85.6 cm³/mol. The molecule has 1 saturated heterocycles.